The lowest BCUT2D eigenvalue weighted by Crippen LogP contribution is -2.19. The first-order chi connectivity index (χ1) is 13.7. The number of benzene rings is 2. The summed E-state index contributed by atoms with van der Waals surface area (Å²) in [5.41, 5.74) is 7.26. The SMILES string of the molecule is CCN1CCc2ccc(NC(=O)c3nn(-c4ccccc4)c4c3CCC4)cc21. The normalized spacial score (nSPS) is 14.8. The molecule has 0 unspecified atom stereocenters. The molecule has 0 spiro atoms. The van der Waals surface area contributed by atoms with Gasteiger partial charge in [-0.2, -0.15) is 5.10 Å². The van der Waals surface area contributed by atoms with Crippen molar-refractivity contribution in [2.45, 2.75) is 32.6 Å². The Kier molecular flexibility index (Phi) is 4.15. The molecule has 1 N–H and O–H groups in total. The summed E-state index contributed by atoms with van der Waals surface area (Å²) in [5, 5.41) is 7.78. The molecule has 5 rings (SSSR count). The molecule has 5 heteroatoms. The van der Waals surface area contributed by atoms with Crippen LogP contribution in [0.2, 0.25) is 0 Å². The minimum absolute atomic E-state index is 0.117. The second-order valence-electron chi connectivity index (χ2n) is 7.50. The van der Waals surface area contributed by atoms with Crippen LogP contribution < -0.4 is 10.2 Å². The summed E-state index contributed by atoms with van der Waals surface area (Å²) in [5.74, 6) is -0.117. The van der Waals surface area contributed by atoms with Gasteiger partial charge in [0, 0.05) is 35.7 Å². The van der Waals surface area contributed by atoms with E-state index >= 15 is 0 Å². The summed E-state index contributed by atoms with van der Waals surface area (Å²) < 4.78 is 1.94. The van der Waals surface area contributed by atoms with Gasteiger partial charge >= 0.3 is 0 Å². The number of nitrogens with zero attached hydrogens (tertiary/aromatic N) is 3. The van der Waals surface area contributed by atoms with Crippen LogP contribution >= 0.6 is 0 Å². The Labute approximate surface area is 165 Å². The number of aromatic nitrogens is 2. The maximum absolute atomic E-state index is 13.1. The smallest absolute Gasteiger partial charge is 0.276 e. The van der Waals surface area contributed by atoms with Crippen molar-refractivity contribution in [3.63, 3.8) is 0 Å². The quantitative estimate of drug-likeness (QED) is 0.753. The van der Waals surface area contributed by atoms with Gasteiger partial charge in [0.2, 0.25) is 0 Å². The van der Waals surface area contributed by atoms with Gasteiger partial charge in [-0.1, -0.05) is 24.3 Å². The topological polar surface area (TPSA) is 50.2 Å². The van der Waals surface area contributed by atoms with Crippen LogP contribution in [0.15, 0.2) is 48.5 Å². The molecule has 0 bridgehead atoms. The van der Waals surface area contributed by atoms with Crippen LogP contribution in [0.3, 0.4) is 0 Å². The first kappa shape index (κ1) is 17.0. The highest BCUT2D eigenvalue weighted by Crippen LogP contribution is 2.32. The fraction of sp³-hybridized carbons (Fsp3) is 0.304. The number of likely N-dealkylation sites (N-methyl/N-ethyl adjacent to an activating group) is 1. The summed E-state index contributed by atoms with van der Waals surface area (Å²) in [4.78, 5) is 15.4. The summed E-state index contributed by atoms with van der Waals surface area (Å²) in [6.45, 7) is 4.21. The van der Waals surface area contributed by atoms with Gasteiger partial charge in [0.15, 0.2) is 5.69 Å². The van der Waals surface area contributed by atoms with E-state index in [1.165, 1.54) is 16.9 Å². The largest absolute Gasteiger partial charge is 0.371 e. The molecule has 3 aromatic rings. The van der Waals surface area contributed by atoms with Gasteiger partial charge in [-0.25, -0.2) is 4.68 Å². The first-order valence-corrected chi connectivity index (χ1v) is 10.1. The Morgan fingerprint density at radius 1 is 1.11 bits per heavy atom. The maximum atomic E-state index is 13.1. The zero-order valence-electron chi connectivity index (χ0n) is 16.1. The first-order valence-electron chi connectivity index (χ1n) is 10.1. The van der Waals surface area contributed by atoms with E-state index in [2.05, 4.69) is 29.3 Å². The van der Waals surface area contributed by atoms with Gasteiger partial charge in [0.05, 0.1) is 5.69 Å². The van der Waals surface area contributed by atoms with Crippen molar-refractivity contribution in [2.75, 3.05) is 23.3 Å². The lowest BCUT2D eigenvalue weighted by Gasteiger charge is -2.17. The third-order valence-corrected chi connectivity index (χ3v) is 5.86. The average molecular weight is 372 g/mol. The molecule has 0 fully saturated rings. The Bertz CT molecular complexity index is 1040. The number of rotatable bonds is 4. The van der Waals surface area contributed by atoms with Crippen LogP contribution in [0.1, 0.15) is 40.7 Å². The van der Waals surface area contributed by atoms with Gasteiger partial charge in [0.25, 0.3) is 5.91 Å². The minimum atomic E-state index is -0.117. The van der Waals surface area contributed by atoms with Crippen molar-refractivity contribution in [3.05, 3.63) is 71.0 Å². The Balaban J connectivity index is 1.46. The van der Waals surface area contributed by atoms with E-state index < -0.39 is 0 Å². The molecule has 2 heterocycles. The molecule has 5 nitrogen and oxygen atoms in total. The average Bonchev–Trinajstić information content (AvgIpc) is 3.43. The van der Waals surface area contributed by atoms with Gasteiger partial charge in [-0.05, 0) is 62.4 Å². The Morgan fingerprint density at radius 3 is 2.79 bits per heavy atom. The van der Waals surface area contributed by atoms with Crippen molar-refractivity contribution in [3.8, 4) is 5.69 Å². The van der Waals surface area contributed by atoms with Crippen molar-refractivity contribution < 1.29 is 4.79 Å². The molecule has 2 aliphatic rings. The summed E-state index contributed by atoms with van der Waals surface area (Å²) >= 11 is 0. The molecule has 0 radical (unpaired) electrons. The van der Waals surface area contributed by atoms with Crippen molar-refractivity contribution >= 4 is 17.3 Å². The Hall–Kier alpha value is -3.08. The number of anilines is 2. The van der Waals surface area contributed by atoms with E-state index in [4.69, 9.17) is 5.10 Å². The summed E-state index contributed by atoms with van der Waals surface area (Å²) in [6, 6.07) is 16.3. The fourth-order valence-electron chi connectivity index (χ4n) is 4.44. The van der Waals surface area contributed by atoms with E-state index in [9.17, 15) is 4.79 Å². The highest BCUT2D eigenvalue weighted by Gasteiger charge is 2.27. The van der Waals surface area contributed by atoms with Gasteiger partial charge < -0.3 is 10.2 Å². The predicted octanol–water partition coefficient (Wildman–Crippen LogP) is 4.00. The number of hydrogen-bond acceptors (Lipinski definition) is 3. The molecule has 0 atom stereocenters. The zero-order chi connectivity index (χ0) is 19.1. The second kappa shape index (κ2) is 6.82. The van der Waals surface area contributed by atoms with Crippen LogP contribution in [0.25, 0.3) is 5.69 Å². The molecule has 1 amide bonds. The van der Waals surface area contributed by atoms with E-state index in [-0.39, 0.29) is 5.91 Å². The number of para-hydroxylation sites is 1. The van der Waals surface area contributed by atoms with Crippen molar-refractivity contribution in [2.24, 2.45) is 0 Å². The number of fused-ring (bicyclic) bond motifs is 2. The van der Waals surface area contributed by atoms with E-state index in [1.54, 1.807) is 0 Å². The van der Waals surface area contributed by atoms with Crippen molar-refractivity contribution in [1.82, 2.24) is 9.78 Å². The van der Waals surface area contributed by atoms with Gasteiger partial charge in [-0.3, -0.25) is 4.79 Å². The highest BCUT2D eigenvalue weighted by molar-refractivity contribution is 6.04. The maximum Gasteiger partial charge on any atom is 0.276 e. The third kappa shape index (κ3) is 2.78. The summed E-state index contributed by atoms with van der Waals surface area (Å²) in [7, 11) is 0. The standard InChI is InChI=1S/C23H24N4O/c1-2-26-14-13-16-11-12-17(15-21(16)26)24-23(28)22-19-9-6-10-20(19)27(25-22)18-7-4-3-5-8-18/h3-5,7-8,11-12,15H,2,6,9-10,13-14H2,1H3,(H,24,28). The molecule has 0 saturated heterocycles. The number of amides is 1. The molecule has 142 valence electrons. The van der Waals surface area contributed by atoms with E-state index in [1.807, 2.05) is 41.1 Å². The molecular weight excluding hydrogens is 348 g/mol. The molecule has 1 aliphatic heterocycles. The number of carbonyl (C=O) groups is 1. The van der Waals surface area contributed by atoms with Crippen LogP contribution in [0.5, 0.6) is 0 Å². The molecule has 28 heavy (non-hydrogen) atoms. The van der Waals surface area contributed by atoms with E-state index in [0.29, 0.717) is 5.69 Å². The lowest BCUT2D eigenvalue weighted by atomic mass is 10.1. The van der Waals surface area contributed by atoms with Crippen LogP contribution in [0.4, 0.5) is 11.4 Å². The van der Waals surface area contributed by atoms with Gasteiger partial charge in [0.1, 0.15) is 0 Å². The number of carbonyl (C=O) groups excluding carboxylic acids is 1. The van der Waals surface area contributed by atoms with Crippen molar-refractivity contribution in [1.29, 1.82) is 0 Å². The molecule has 0 saturated carbocycles. The monoisotopic (exact) mass is 372 g/mol. The van der Waals surface area contributed by atoms with Crippen LogP contribution in [-0.4, -0.2) is 28.8 Å². The third-order valence-electron chi connectivity index (χ3n) is 5.86. The molecular formula is C23H24N4O. The van der Waals surface area contributed by atoms with E-state index in [0.717, 1.165) is 55.7 Å². The number of hydrogen-bond donors (Lipinski definition) is 1. The van der Waals surface area contributed by atoms with Crippen LogP contribution in [0, 0.1) is 0 Å². The predicted molar refractivity (Wildman–Crippen MR) is 112 cm³/mol. The molecule has 1 aromatic heterocycles. The number of nitrogens with one attached hydrogen (secondary N) is 1. The Morgan fingerprint density at radius 2 is 1.96 bits per heavy atom. The molecule has 1 aliphatic carbocycles. The molecule has 2 aromatic carbocycles. The fourth-order valence-corrected chi connectivity index (χ4v) is 4.44. The summed E-state index contributed by atoms with van der Waals surface area (Å²) in [6.07, 6.45) is 4.03. The van der Waals surface area contributed by atoms with Gasteiger partial charge in [-0.15, -0.1) is 0 Å². The second-order valence-corrected chi connectivity index (χ2v) is 7.50. The zero-order valence-corrected chi connectivity index (χ0v) is 16.1. The lowest BCUT2D eigenvalue weighted by molar-refractivity contribution is 0.102. The minimum Gasteiger partial charge on any atom is -0.371 e. The highest BCUT2D eigenvalue weighted by atomic mass is 16.2. The van der Waals surface area contributed by atoms with Crippen LogP contribution in [-0.2, 0) is 19.3 Å².